The number of amides is 1. The molecule has 0 spiro atoms. The summed E-state index contributed by atoms with van der Waals surface area (Å²) in [7, 11) is 0. The number of carbonyl (C=O) groups is 1. The summed E-state index contributed by atoms with van der Waals surface area (Å²) in [6.07, 6.45) is -2.94. The van der Waals surface area contributed by atoms with Crippen LogP contribution in [0.5, 0.6) is 0 Å². The Morgan fingerprint density at radius 2 is 1.89 bits per heavy atom. The number of benzene rings is 1. The normalized spacial score (nSPS) is 14.2. The smallest absolute Gasteiger partial charge is 0.334 e. The van der Waals surface area contributed by atoms with Crippen LogP contribution in [0, 0.1) is 0 Å². The van der Waals surface area contributed by atoms with Crippen LogP contribution in [-0.2, 0) is 19.1 Å². The number of hydrogen-bond acceptors (Lipinski definition) is 3. The van der Waals surface area contributed by atoms with Gasteiger partial charge in [0, 0.05) is 19.2 Å². The zero-order valence-electron chi connectivity index (χ0n) is 14.3. The highest BCUT2D eigenvalue weighted by atomic mass is 35.5. The molecule has 0 N–H and O–H groups in total. The van der Waals surface area contributed by atoms with Gasteiger partial charge in [-0.05, 0) is 24.3 Å². The van der Waals surface area contributed by atoms with E-state index in [0.717, 1.165) is 12.1 Å². The number of nitrogens with zero attached hydrogens (tertiary/aromatic N) is 3. The Morgan fingerprint density at radius 3 is 2.64 bits per heavy atom. The summed E-state index contributed by atoms with van der Waals surface area (Å²) in [5.74, 6) is -0.769. The summed E-state index contributed by atoms with van der Waals surface area (Å²) in [6, 6.07) is 7.86. The molecule has 4 rings (SSSR count). The second-order valence-electron chi connectivity index (χ2n) is 6.44. The molecule has 1 aliphatic heterocycles. The molecule has 144 valence electrons. The van der Waals surface area contributed by atoms with Gasteiger partial charge in [-0.3, -0.25) is 14.0 Å². The highest BCUT2D eigenvalue weighted by Crippen LogP contribution is 2.33. The number of hydrogen-bond donors (Lipinski definition) is 0. The number of carbonyl (C=O) groups excluding carboxylic acids is 1. The SMILES string of the molecule is O=C(c1ccccc1C(F)(F)F)N1CCc2nc3ccc(Cl)cn3c(=O)c2C1. The molecule has 0 atom stereocenters. The fourth-order valence-corrected chi connectivity index (χ4v) is 3.49. The van der Waals surface area contributed by atoms with Crippen LogP contribution in [0.3, 0.4) is 0 Å². The van der Waals surface area contributed by atoms with Crippen LogP contribution >= 0.6 is 11.6 Å². The molecule has 3 heterocycles. The number of alkyl halides is 3. The molecule has 0 saturated heterocycles. The summed E-state index contributed by atoms with van der Waals surface area (Å²) in [5, 5.41) is 0.346. The Labute approximate surface area is 162 Å². The van der Waals surface area contributed by atoms with Crippen molar-refractivity contribution in [1.82, 2.24) is 14.3 Å². The summed E-state index contributed by atoms with van der Waals surface area (Å²) in [5.41, 5.74) is -0.565. The van der Waals surface area contributed by atoms with Crippen molar-refractivity contribution in [3.63, 3.8) is 0 Å². The monoisotopic (exact) mass is 407 g/mol. The van der Waals surface area contributed by atoms with Crippen LogP contribution in [0.15, 0.2) is 47.4 Å². The zero-order chi connectivity index (χ0) is 20.1. The third kappa shape index (κ3) is 3.13. The second-order valence-corrected chi connectivity index (χ2v) is 6.87. The van der Waals surface area contributed by atoms with E-state index < -0.39 is 23.2 Å². The number of aromatic nitrogens is 2. The molecule has 0 radical (unpaired) electrons. The Morgan fingerprint density at radius 1 is 1.14 bits per heavy atom. The van der Waals surface area contributed by atoms with Crippen LogP contribution in [-0.4, -0.2) is 26.7 Å². The van der Waals surface area contributed by atoms with Gasteiger partial charge in [-0.2, -0.15) is 13.2 Å². The highest BCUT2D eigenvalue weighted by Gasteiger charge is 2.36. The molecule has 5 nitrogen and oxygen atoms in total. The third-order valence-corrected chi connectivity index (χ3v) is 4.91. The van der Waals surface area contributed by atoms with Crippen LogP contribution in [0.2, 0.25) is 5.02 Å². The van der Waals surface area contributed by atoms with Crippen molar-refractivity contribution in [3.8, 4) is 0 Å². The van der Waals surface area contributed by atoms with E-state index in [1.807, 2.05) is 0 Å². The third-order valence-electron chi connectivity index (χ3n) is 4.68. The summed E-state index contributed by atoms with van der Waals surface area (Å²) in [4.78, 5) is 31.3. The minimum Gasteiger partial charge on any atom is -0.334 e. The summed E-state index contributed by atoms with van der Waals surface area (Å²) < 4.78 is 41.0. The van der Waals surface area contributed by atoms with Crippen molar-refractivity contribution in [2.75, 3.05) is 6.54 Å². The van der Waals surface area contributed by atoms with Gasteiger partial charge in [0.05, 0.1) is 34.0 Å². The van der Waals surface area contributed by atoms with Gasteiger partial charge in [0.25, 0.3) is 11.5 Å². The van der Waals surface area contributed by atoms with Crippen LogP contribution in [0.25, 0.3) is 5.65 Å². The average Bonchev–Trinajstić information content (AvgIpc) is 2.67. The topological polar surface area (TPSA) is 54.7 Å². The van der Waals surface area contributed by atoms with E-state index in [9.17, 15) is 22.8 Å². The Balaban J connectivity index is 1.74. The van der Waals surface area contributed by atoms with Crippen LogP contribution < -0.4 is 5.56 Å². The van der Waals surface area contributed by atoms with Crippen molar-refractivity contribution in [1.29, 1.82) is 0 Å². The van der Waals surface area contributed by atoms with Crippen molar-refractivity contribution in [3.05, 3.63) is 80.4 Å². The molecule has 0 bridgehead atoms. The molecule has 28 heavy (non-hydrogen) atoms. The first-order valence-electron chi connectivity index (χ1n) is 8.41. The maximum absolute atomic E-state index is 13.2. The lowest BCUT2D eigenvalue weighted by atomic mass is 10.0. The number of rotatable bonds is 1. The molecule has 9 heteroatoms. The van der Waals surface area contributed by atoms with E-state index in [-0.39, 0.29) is 30.6 Å². The number of pyridine rings is 1. The molecular formula is C19H13ClF3N3O2. The van der Waals surface area contributed by atoms with Crippen molar-refractivity contribution >= 4 is 23.2 Å². The Hall–Kier alpha value is -2.87. The van der Waals surface area contributed by atoms with Gasteiger partial charge in [0.15, 0.2) is 0 Å². The molecule has 0 unspecified atom stereocenters. The first-order chi connectivity index (χ1) is 13.3. The van der Waals surface area contributed by atoms with Crippen LogP contribution in [0.4, 0.5) is 13.2 Å². The Kier molecular flexibility index (Phi) is 4.38. The zero-order valence-corrected chi connectivity index (χ0v) is 15.1. The molecule has 1 aliphatic rings. The molecule has 2 aromatic heterocycles. The molecule has 0 aliphatic carbocycles. The highest BCUT2D eigenvalue weighted by molar-refractivity contribution is 6.30. The van der Waals surface area contributed by atoms with E-state index >= 15 is 0 Å². The predicted octanol–water partition coefficient (Wildman–Crippen LogP) is 3.57. The first-order valence-corrected chi connectivity index (χ1v) is 8.78. The largest absolute Gasteiger partial charge is 0.417 e. The second kappa shape index (κ2) is 6.63. The molecule has 0 fully saturated rings. The molecular weight excluding hydrogens is 395 g/mol. The minimum absolute atomic E-state index is 0.109. The van der Waals surface area contributed by atoms with Crippen molar-refractivity contribution < 1.29 is 18.0 Å². The first kappa shape index (κ1) is 18.5. The van der Waals surface area contributed by atoms with Gasteiger partial charge < -0.3 is 4.90 Å². The Bertz CT molecular complexity index is 1160. The van der Waals surface area contributed by atoms with Gasteiger partial charge in [0.1, 0.15) is 5.65 Å². The van der Waals surface area contributed by atoms with Crippen LogP contribution in [0.1, 0.15) is 27.2 Å². The maximum atomic E-state index is 13.2. The maximum Gasteiger partial charge on any atom is 0.417 e. The summed E-state index contributed by atoms with van der Waals surface area (Å²) >= 11 is 5.93. The molecule has 3 aromatic rings. The molecule has 0 saturated carbocycles. The van der Waals surface area contributed by atoms with Gasteiger partial charge in [-0.1, -0.05) is 23.7 Å². The van der Waals surface area contributed by atoms with Gasteiger partial charge in [0.2, 0.25) is 0 Å². The fourth-order valence-electron chi connectivity index (χ4n) is 3.33. The van der Waals surface area contributed by atoms with Gasteiger partial charge in [-0.25, -0.2) is 4.98 Å². The minimum atomic E-state index is -4.64. The number of fused-ring (bicyclic) bond motifs is 2. The lowest BCUT2D eigenvalue weighted by molar-refractivity contribution is -0.138. The van der Waals surface area contributed by atoms with Crippen molar-refractivity contribution in [2.45, 2.75) is 19.1 Å². The van der Waals surface area contributed by atoms with E-state index in [1.165, 1.54) is 27.6 Å². The quantitative estimate of drug-likeness (QED) is 0.619. The lowest BCUT2D eigenvalue weighted by Crippen LogP contribution is -2.40. The summed E-state index contributed by atoms with van der Waals surface area (Å²) in [6.45, 7) is 0.0653. The number of halogens is 4. The fraction of sp³-hybridized carbons (Fsp3) is 0.211. The van der Waals surface area contributed by atoms with E-state index in [1.54, 1.807) is 12.1 Å². The lowest BCUT2D eigenvalue weighted by Gasteiger charge is -2.29. The predicted molar refractivity (Wildman–Crippen MR) is 96.4 cm³/mol. The standard InChI is InChI=1S/C19H13ClF3N3O2/c20-11-5-6-16-24-15-7-8-25(10-13(15)18(28)26(16)9-11)17(27)12-3-1-2-4-14(12)19(21,22)23/h1-6,9H,7-8,10H2. The van der Waals surface area contributed by atoms with E-state index in [2.05, 4.69) is 4.98 Å². The van der Waals surface area contributed by atoms with Gasteiger partial charge >= 0.3 is 6.18 Å². The van der Waals surface area contributed by atoms with Crippen molar-refractivity contribution in [2.24, 2.45) is 0 Å². The van der Waals surface area contributed by atoms with E-state index in [4.69, 9.17) is 11.6 Å². The van der Waals surface area contributed by atoms with Gasteiger partial charge in [-0.15, -0.1) is 0 Å². The molecule has 1 aromatic carbocycles. The van der Waals surface area contributed by atoms with E-state index in [0.29, 0.717) is 16.4 Å². The molecule has 1 amide bonds. The average molecular weight is 408 g/mol.